The summed E-state index contributed by atoms with van der Waals surface area (Å²) in [7, 11) is 0. The maximum absolute atomic E-state index is 4.72. The van der Waals surface area contributed by atoms with Crippen LogP contribution in [0.5, 0.6) is 0 Å². The van der Waals surface area contributed by atoms with Crippen LogP contribution in [-0.2, 0) is 0 Å². The average Bonchev–Trinajstić information content (AvgIpc) is 2.84. The molecule has 3 atom stereocenters. The number of rotatable bonds is 2. The maximum Gasteiger partial charge on any atom is 0.177 e. The fourth-order valence-corrected chi connectivity index (χ4v) is 4.65. The molecule has 1 fully saturated rings. The number of hydrogen-bond donors (Lipinski definition) is 1. The number of nitrogens with zero attached hydrogens (tertiary/aromatic N) is 2. The standard InChI is InChI=1S/C14H16BrN3S/c15-11-7-4-8-12-13(11)19-14(17-12)18-16-9-10-5-2-1-3-6-10/h1-3,5-6,9,11-13H,4,7-8H2,(H,17,18)/b16-9-/t11-,12-,13-/m0/s1. The summed E-state index contributed by atoms with van der Waals surface area (Å²) in [5.41, 5.74) is 4.16. The molecule has 0 unspecified atom stereocenters. The largest absolute Gasteiger partial charge is 0.257 e. The van der Waals surface area contributed by atoms with Crippen molar-refractivity contribution in [3.63, 3.8) is 0 Å². The fraction of sp³-hybridized carbons (Fsp3) is 0.429. The first kappa shape index (κ1) is 13.2. The molecule has 100 valence electrons. The van der Waals surface area contributed by atoms with Gasteiger partial charge in [-0.3, -0.25) is 10.4 Å². The highest BCUT2D eigenvalue weighted by Gasteiger charge is 2.37. The van der Waals surface area contributed by atoms with E-state index in [1.165, 1.54) is 19.3 Å². The maximum atomic E-state index is 4.72. The van der Waals surface area contributed by atoms with Crippen LogP contribution >= 0.6 is 27.7 Å². The normalized spacial score (nSPS) is 30.2. The second-order valence-electron chi connectivity index (χ2n) is 4.81. The van der Waals surface area contributed by atoms with Crippen molar-refractivity contribution in [1.29, 1.82) is 0 Å². The number of nitrogens with one attached hydrogen (secondary N) is 1. The van der Waals surface area contributed by atoms with Crippen LogP contribution in [0.4, 0.5) is 0 Å². The first-order valence-electron chi connectivity index (χ1n) is 6.55. The zero-order valence-corrected chi connectivity index (χ0v) is 12.9. The lowest BCUT2D eigenvalue weighted by atomic mass is 9.95. The fourth-order valence-electron chi connectivity index (χ4n) is 2.45. The molecule has 1 saturated carbocycles. The van der Waals surface area contributed by atoms with Crippen molar-refractivity contribution >= 4 is 39.1 Å². The molecule has 19 heavy (non-hydrogen) atoms. The molecule has 1 aliphatic heterocycles. The molecular weight excluding hydrogens is 322 g/mol. The van der Waals surface area contributed by atoms with Crippen molar-refractivity contribution in [1.82, 2.24) is 5.43 Å². The van der Waals surface area contributed by atoms with Gasteiger partial charge in [0.15, 0.2) is 5.17 Å². The smallest absolute Gasteiger partial charge is 0.177 e. The molecule has 0 spiro atoms. The van der Waals surface area contributed by atoms with Crippen LogP contribution < -0.4 is 5.43 Å². The summed E-state index contributed by atoms with van der Waals surface area (Å²) in [5, 5.41) is 5.79. The van der Waals surface area contributed by atoms with Crippen LogP contribution in [0.25, 0.3) is 0 Å². The summed E-state index contributed by atoms with van der Waals surface area (Å²) < 4.78 is 0. The molecule has 1 aromatic rings. The van der Waals surface area contributed by atoms with Gasteiger partial charge in [-0.05, 0) is 18.4 Å². The number of aliphatic imine (C=N–C) groups is 1. The number of alkyl halides is 1. The summed E-state index contributed by atoms with van der Waals surface area (Å²) >= 11 is 5.58. The molecule has 5 heteroatoms. The minimum Gasteiger partial charge on any atom is -0.257 e. The zero-order valence-electron chi connectivity index (χ0n) is 10.5. The van der Waals surface area contributed by atoms with E-state index in [0.717, 1.165) is 10.7 Å². The van der Waals surface area contributed by atoms with Crippen LogP contribution in [0.3, 0.4) is 0 Å². The molecule has 3 rings (SSSR count). The van der Waals surface area contributed by atoms with Crippen LogP contribution in [-0.4, -0.2) is 27.5 Å². The number of amidine groups is 1. The van der Waals surface area contributed by atoms with Gasteiger partial charge < -0.3 is 0 Å². The summed E-state index contributed by atoms with van der Waals surface area (Å²) in [6.07, 6.45) is 5.55. The molecule has 1 aromatic carbocycles. The quantitative estimate of drug-likeness (QED) is 0.510. The third-order valence-electron chi connectivity index (χ3n) is 3.42. The SMILES string of the molecule is Br[C@H]1CCC[C@@H]2N=C(N/N=C\c3ccccc3)S[C@H]21. The first-order valence-corrected chi connectivity index (χ1v) is 8.35. The Morgan fingerprint density at radius 2 is 2.16 bits per heavy atom. The van der Waals surface area contributed by atoms with Crippen molar-refractivity contribution in [2.75, 3.05) is 0 Å². The van der Waals surface area contributed by atoms with Gasteiger partial charge in [0.2, 0.25) is 0 Å². The van der Waals surface area contributed by atoms with E-state index in [9.17, 15) is 0 Å². The summed E-state index contributed by atoms with van der Waals surface area (Å²) in [6.45, 7) is 0. The van der Waals surface area contributed by atoms with Gasteiger partial charge in [-0.25, -0.2) is 0 Å². The predicted octanol–water partition coefficient (Wildman–Crippen LogP) is 3.40. The predicted molar refractivity (Wildman–Crippen MR) is 86.3 cm³/mol. The minimum atomic E-state index is 0.456. The molecule has 0 radical (unpaired) electrons. The third kappa shape index (κ3) is 3.20. The lowest BCUT2D eigenvalue weighted by Crippen LogP contribution is -2.31. The average molecular weight is 338 g/mol. The molecule has 0 saturated heterocycles. The molecule has 0 amide bonds. The number of thioether (sulfide) groups is 1. The van der Waals surface area contributed by atoms with E-state index in [-0.39, 0.29) is 0 Å². The van der Waals surface area contributed by atoms with Crippen molar-refractivity contribution < 1.29 is 0 Å². The third-order valence-corrected chi connectivity index (χ3v) is 6.13. The van der Waals surface area contributed by atoms with E-state index in [1.807, 2.05) is 48.3 Å². The molecule has 1 heterocycles. The van der Waals surface area contributed by atoms with Gasteiger partial charge in [-0.1, -0.05) is 64.4 Å². The molecular formula is C14H16BrN3S. The van der Waals surface area contributed by atoms with Gasteiger partial charge in [0.05, 0.1) is 12.3 Å². The molecule has 3 nitrogen and oxygen atoms in total. The highest BCUT2D eigenvalue weighted by molar-refractivity contribution is 9.09. The second-order valence-corrected chi connectivity index (χ2v) is 7.15. The Kier molecular flexibility index (Phi) is 4.23. The topological polar surface area (TPSA) is 36.8 Å². The van der Waals surface area contributed by atoms with Gasteiger partial charge in [-0.15, -0.1) is 0 Å². The summed E-state index contributed by atoms with van der Waals surface area (Å²) in [4.78, 5) is 5.30. The van der Waals surface area contributed by atoms with Crippen molar-refractivity contribution in [2.24, 2.45) is 10.1 Å². The Morgan fingerprint density at radius 3 is 2.95 bits per heavy atom. The highest BCUT2D eigenvalue weighted by atomic mass is 79.9. The Morgan fingerprint density at radius 1 is 1.32 bits per heavy atom. The number of fused-ring (bicyclic) bond motifs is 1. The van der Waals surface area contributed by atoms with Crippen LogP contribution in [0.15, 0.2) is 40.4 Å². The Balaban J connectivity index is 1.58. The van der Waals surface area contributed by atoms with Gasteiger partial charge in [0, 0.05) is 10.1 Å². The van der Waals surface area contributed by atoms with Gasteiger partial charge >= 0.3 is 0 Å². The molecule has 1 N–H and O–H groups in total. The van der Waals surface area contributed by atoms with Gasteiger partial charge in [0.25, 0.3) is 0 Å². The monoisotopic (exact) mass is 337 g/mol. The van der Waals surface area contributed by atoms with E-state index in [2.05, 4.69) is 26.5 Å². The number of benzene rings is 1. The van der Waals surface area contributed by atoms with Crippen molar-refractivity contribution in [3.8, 4) is 0 Å². The van der Waals surface area contributed by atoms with Crippen LogP contribution in [0, 0.1) is 0 Å². The van der Waals surface area contributed by atoms with Crippen molar-refractivity contribution in [3.05, 3.63) is 35.9 Å². The summed E-state index contributed by atoms with van der Waals surface area (Å²) in [5.74, 6) is 0. The highest BCUT2D eigenvalue weighted by Crippen LogP contribution is 2.39. The van der Waals surface area contributed by atoms with Gasteiger partial charge in [-0.2, -0.15) is 5.10 Å². The summed E-state index contributed by atoms with van der Waals surface area (Å²) in [6, 6.07) is 10.5. The Hall–Kier alpha value is -0.810. The van der Waals surface area contributed by atoms with Gasteiger partial charge in [0.1, 0.15) is 0 Å². The lowest BCUT2D eigenvalue weighted by molar-refractivity contribution is 0.475. The second kappa shape index (κ2) is 6.09. The number of hydrogen-bond acceptors (Lipinski definition) is 4. The molecule has 0 aromatic heterocycles. The minimum absolute atomic E-state index is 0.456. The zero-order chi connectivity index (χ0) is 13.1. The number of hydrazone groups is 1. The van der Waals surface area contributed by atoms with Crippen molar-refractivity contribution in [2.45, 2.75) is 35.4 Å². The van der Waals surface area contributed by atoms with E-state index in [1.54, 1.807) is 0 Å². The molecule has 0 bridgehead atoms. The molecule has 1 aliphatic carbocycles. The van der Waals surface area contributed by atoms with E-state index in [0.29, 0.717) is 16.1 Å². The van der Waals surface area contributed by atoms with Crippen LogP contribution in [0.2, 0.25) is 0 Å². The Labute approximate surface area is 126 Å². The molecule has 2 aliphatic rings. The first-order chi connectivity index (χ1) is 9.33. The lowest BCUT2D eigenvalue weighted by Gasteiger charge is -2.27. The number of halogens is 1. The Bertz CT molecular complexity index is 489. The van der Waals surface area contributed by atoms with Crippen LogP contribution in [0.1, 0.15) is 24.8 Å². The van der Waals surface area contributed by atoms with E-state index < -0.39 is 0 Å². The van der Waals surface area contributed by atoms with E-state index in [4.69, 9.17) is 4.99 Å². The van der Waals surface area contributed by atoms with E-state index >= 15 is 0 Å².